The average Bonchev–Trinajstić information content (AvgIpc) is 2.84. The molecule has 1 aliphatic heterocycles. The lowest BCUT2D eigenvalue weighted by Gasteiger charge is -2.19. The van der Waals surface area contributed by atoms with Gasteiger partial charge in [-0.1, -0.05) is 12.1 Å². The van der Waals surface area contributed by atoms with Crippen molar-refractivity contribution >= 4 is 5.69 Å². The summed E-state index contributed by atoms with van der Waals surface area (Å²) in [5.74, 6) is 1.05. The minimum Gasteiger partial charge on any atom is -0.496 e. The minimum atomic E-state index is 0.175. The van der Waals surface area contributed by atoms with Crippen molar-refractivity contribution in [3.8, 4) is 0 Å². The highest BCUT2D eigenvalue weighted by atomic mass is 16.5. The van der Waals surface area contributed by atoms with Gasteiger partial charge in [0.2, 0.25) is 0 Å². The van der Waals surface area contributed by atoms with E-state index in [2.05, 4.69) is 40.6 Å². The van der Waals surface area contributed by atoms with Crippen molar-refractivity contribution in [1.29, 1.82) is 0 Å². The summed E-state index contributed by atoms with van der Waals surface area (Å²) in [6.07, 6.45) is 3.18. The normalized spacial score (nSPS) is 16.3. The molecule has 0 bridgehead atoms. The van der Waals surface area contributed by atoms with Crippen LogP contribution in [0.4, 0.5) is 5.69 Å². The summed E-state index contributed by atoms with van der Waals surface area (Å²) < 4.78 is 5.63. The Balaban J connectivity index is 2.19. The van der Waals surface area contributed by atoms with Crippen LogP contribution in [0.2, 0.25) is 0 Å². The fourth-order valence-corrected chi connectivity index (χ4v) is 2.08. The zero-order valence-electron chi connectivity index (χ0n) is 10.7. The smallest absolute Gasteiger partial charge is 0.114 e. The first kappa shape index (κ1) is 12.0. The Kier molecular flexibility index (Phi) is 3.69. The Bertz CT molecular complexity index is 395. The van der Waals surface area contributed by atoms with Crippen LogP contribution < -0.4 is 10.2 Å². The number of ether oxygens (including phenoxy) is 1. The Hall–Kier alpha value is -1.48. The lowest BCUT2D eigenvalue weighted by Crippen LogP contribution is -2.19. The highest BCUT2D eigenvalue weighted by Crippen LogP contribution is 2.27. The maximum Gasteiger partial charge on any atom is 0.114 e. The van der Waals surface area contributed by atoms with E-state index in [1.807, 2.05) is 21.1 Å². The van der Waals surface area contributed by atoms with Gasteiger partial charge in [0, 0.05) is 26.2 Å². The quantitative estimate of drug-likeness (QED) is 0.862. The predicted molar refractivity (Wildman–Crippen MR) is 71.2 cm³/mol. The van der Waals surface area contributed by atoms with Gasteiger partial charge in [0.25, 0.3) is 0 Å². The van der Waals surface area contributed by atoms with Crippen LogP contribution in [0.15, 0.2) is 36.1 Å². The van der Waals surface area contributed by atoms with E-state index in [4.69, 9.17) is 4.74 Å². The molecule has 1 heterocycles. The molecule has 0 amide bonds. The van der Waals surface area contributed by atoms with E-state index in [9.17, 15) is 0 Å². The minimum absolute atomic E-state index is 0.175. The molecule has 92 valence electrons. The monoisotopic (exact) mass is 232 g/mol. The molecule has 0 saturated heterocycles. The molecular formula is C14H20N2O. The molecule has 0 radical (unpaired) electrons. The molecule has 17 heavy (non-hydrogen) atoms. The molecule has 1 N–H and O–H groups in total. The molecule has 0 fully saturated rings. The van der Waals surface area contributed by atoms with Crippen LogP contribution in [0, 0.1) is 0 Å². The van der Waals surface area contributed by atoms with Gasteiger partial charge in [0.1, 0.15) is 5.76 Å². The molecule has 0 saturated carbocycles. The molecule has 1 atom stereocenters. The number of nitrogens with zero attached hydrogens (tertiary/aromatic N) is 1. The third-order valence-corrected chi connectivity index (χ3v) is 3.05. The van der Waals surface area contributed by atoms with Gasteiger partial charge in [-0.25, -0.2) is 0 Å². The standard InChI is InChI=1S/C14H20N2O/c1-15-14(13-5-4-10-17-13)11-6-8-12(9-7-11)16(2)3/h5-9,14-15H,4,10H2,1-3H3. The molecule has 3 nitrogen and oxygen atoms in total. The lowest BCUT2D eigenvalue weighted by molar-refractivity contribution is 0.218. The lowest BCUT2D eigenvalue weighted by atomic mass is 10.0. The van der Waals surface area contributed by atoms with Crippen LogP contribution in [0.1, 0.15) is 18.0 Å². The van der Waals surface area contributed by atoms with Crippen LogP contribution in [0.3, 0.4) is 0 Å². The third-order valence-electron chi connectivity index (χ3n) is 3.05. The maximum absolute atomic E-state index is 5.63. The summed E-state index contributed by atoms with van der Waals surface area (Å²) in [6, 6.07) is 8.75. The van der Waals surface area contributed by atoms with Gasteiger partial charge < -0.3 is 15.0 Å². The topological polar surface area (TPSA) is 24.5 Å². The molecular weight excluding hydrogens is 212 g/mol. The third kappa shape index (κ3) is 2.61. The van der Waals surface area contributed by atoms with Gasteiger partial charge in [-0.2, -0.15) is 0 Å². The Morgan fingerprint density at radius 2 is 1.94 bits per heavy atom. The van der Waals surface area contributed by atoms with Gasteiger partial charge in [-0.15, -0.1) is 0 Å². The van der Waals surface area contributed by atoms with E-state index in [1.54, 1.807) is 0 Å². The molecule has 1 unspecified atom stereocenters. The van der Waals surface area contributed by atoms with E-state index in [-0.39, 0.29) is 6.04 Å². The second kappa shape index (κ2) is 5.23. The number of hydrogen-bond donors (Lipinski definition) is 1. The molecule has 3 heteroatoms. The second-order valence-electron chi connectivity index (χ2n) is 4.45. The van der Waals surface area contributed by atoms with Crippen LogP contribution in [-0.2, 0) is 4.74 Å². The maximum atomic E-state index is 5.63. The van der Waals surface area contributed by atoms with Gasteiger partial charge >= 0.3 is 0 Å². The molecule has 1 aliphatic rings. The highest BCUT2D eigenvalue weighted by molar-refractivity contribution is 5.47. The molecule has 1 aromatic carbocycles. The van der Waals surface area contributed by atoms with Gasteiger partial charge in [-0.3, -0.25) is 0 Å². The summed E-state index contributed by atoms with van der Waals surface area (Å²) in [6.45, 7) is 0.809. The number of likely N-dealkylation sites (N-methyl/N-ethyl adjacent to an activating group) is 1. The second-order valence-corrected chi connectivity index (χ2v) is 4.45. The number of anilines is 1. The fourth-order valence-electron chi connectivity index (χ4n) is 2.08. The van der Waals surface area contributed by atoms with E-state index >= 15 is 0 Å². The van der Waals surface area contributed by atoms with E-state index < -0.39 is 0 Å². The largest absolute Gasteiger partial charge is 0.496 e. The SMILES string of the molecule is CNC(C1=CCCO1)c1ccc(N(C)C)cc1. The molecule has 0 aromatic heterocycles. The Morgan fingerprint density at radius 3 is 2.41 bits per heavy atom. The molecule has 1 aromatic rings. The van der Waals surface area contributed by atoms with Crippen LogP contribution in [0.5, 0.6) is 0 Å². The first-order chi connectivity index (χ1) is 8.22. The summed E-state index contributed by atoms with van der Waals surface area (Å²) in [5.41, 5.74) is 2.45. The Morgan fingerprint density at radius 1 is 1.24 bits per heavy atom. The van der Waals surface area contributed by atoms with E-state index in [0.29, 0.717) is 0 Å². The molecule has 0 spiro atoms. The van der Waals surface area contributed by atoms with Crippen molar-refractivity contribution in [3.05, 3.63) is 41.7 Å². The molecule has 2 rings (SSSR count). The van der Waals surface area contributed by atoms with Crippen LogP contribution >= 0.6 is 0 Å². The predicted octanol–water partition coefficient (Wildman–Crippen LogP) is 2.32. The van der Waals surface area contributed by atoms with Gasteiger partial charge in [0.15, 0.2) is 0 Å². The summed E-state index contributed by atoms with van der Waals surface area (Å²) >= 11 is 0. The number of hydrogen-bond acceptors (Lipinski definition) is 3. The van der Waals surface area contributed by atoms with E-state index in [1.165, 1.54) is 11.3 Å². The molecule has 0 aliphatic carbocycles. The van der Waals surface area contributed by atoms with Gasteiger partial charge in [0.05, 0.1) is 12.6 Å². The first-order valence-electron chi connectivity index (χ1n) is 6.00. The van der Waals surface area contributed by atoms with Crippen molar-refractivity contribution in [2.75, 3.05) is 32.6 Å². The van der Waals surface area contributed by atoms with Crippen molar-refractivity contribution in [2.45, 2.75) is 12.5 Å². The fraction of sp³-hybridized carbons (Fsp3) is 0.429. The average molecular weight is 232 g/mol. The van der Waals surface area contributed by atoms with Crippen LogP contribution in [-0.4, -0.2) is 27.7 Å². The number of rotatable bonds is 4. The first-order valence-corrected chi connectivity index (χ1v) is 6.00. The van der Waals surface area contributed by atoms with Crippen LogP contribution in [0.25, 0.3) is 0 Å². The summed E-state index contributed by atoms with van der Waals surface area (Å²) in [5, 5.41) is 3.30. The summed E-state index contributed by atoms with van der Waals surface area (Å²) in [7, 11) is 6.06. The van der Waals surface area contributed by atoms with Crippen molar-refractivity contribution in [1.82, 2.24) is 5.32 Å². The number of nitrogens with one attached hydrogen (secondary N) is 1. The summed E-state index contributed by atoms with van der Waals surface area (Å²) in [4.78, 5) is 2.10. The van der Waals surface area contributed by atoms with Crippen molar-refractivity contribution in [3.63, 3.8) is 0 Å². The highest BCUT2D eigenvalue weighted by Gasteiger charge is 2.18. The van der Waals surface area contributed by atoms with Gasteiger partial charge in [-0.05, 0) is 30.8 Å². The number of benzene rings is 1. The van der Waals surface area contributed by atoms with E-state index in [0.717, 1.165) is 18.8 Å². The van der Waals surface area contributed by atoms with Crippen molar-refractivity contribution < 1.29 is 4.74 Å². The zero-order valence-corrected chi connectivity index (χ0v) is 10.7. The zero-order chi connectivity index (χ0) is 12.3. The van der Waals surface area contributed by atoms with Crippen molar-refractivity contribution in [2.24, 2.45) is 0 Å². The Labute approximate surface area is 103 Å².